The SMILES string of the molecule is C=C(C)C(=O)OCCCC(=O)OCCOC(C)C.C=C(C)C(=O)OCCCSC(C)C.C=CC(=O)OCCCC(=O)OCCOC(C)C.C=CC(=O)OCCCSC(C)C. The molecule has 0 fully saturated rings. The van der Waals surface area contributed by atoms with Gasteiger partial charge in [-0.15, -0.1) is 0 Å². The molecule has 0 unspecified atom stereocenters. The van der Waals surface area contributed by atoms with Gasteiger partial charge in [-0.3, -0.25) is 9.59 Å². The van der Waals surface area contributed by atoms with Crippen molar-refractivity contribution in [3.05, 3.63) is 49.6 Å². The Morgan fingerprint density at radius 3 is 1.08 bits per heavy atom. The molecule has 0 amide bonds. The van der Waals surface area contributed by atoms with Crippen LogP contribution in [0.3, 0.4) is 0 Å². The van der Waals surface area contributed by atoms with Crippen LogP contribution in [0.15, 0.2) is 49.6 Å². The summed E-state index contributed by atoms with van der Waals surface area (Å²) in [6.45, 7) is 35.7. The van der Waals surface area contributed by atoms with Crippen molar-refractivity contribution in [1.29, 1.82) is 0 Å². The van der Waals surface area contributed by atoms with E-state index < -0.39 is 11.9 Å². The fraction of sp³-hybridized carbons (Fsp3) is 0.682. The molecule has 0 N–H and O–H groups in total. The Morgan fingerprint density at radius 2 is 0.783 bits per heavy atom. The van der Waals surface area contributed by atoms with Crippen LogP contribution < -0.4 is 0 Å². The van der Waals surface area contributed by atoms with Gasteiger partial charge in [0, 0.05) is 36.1 Å². The van der Waals surface area contributed by atoms with Crippen LogP contribution in [0.25, 0.3) is 0 Å². The average Bonchev–Trinajstić information content (AvgIpc) is 3.18. The van der Waals surface area contributed by atoms with Gasteiger partial charge in [0.1, 0.15) is 13.2 Å². The van der Waals surface area contributed by atoms with Crippen LogP contribution in [-0.4, -0.2) is 123 Å². The zero-order valence-electron chi connectivity index (χ0n) is 38.1. The minimum absolute atomic E-state index is 0.130. The average molecular weight is 893 g/mol. The van der Waals surface area contributed by atoms with E-state index in [-0.39, 0.29) is 75.4 Å². The minimum Gasteiger partial charge on any atom is -0.463 e. The van der Waals surface area contributed by atoms with Crippen LogP contribution >= 0.6 is 23.5 Å². The maximum Gasteiger partial charge on any atom is 0.333 e. The largest absolute Gasteiger partial charge is 0.463 e. The summed E-state index contributed by atoms with van der Waals surface area (Å²) < 4.78 is 39.5. The highest BCUT2D eigenvalue weighted by molar-refractivity contribution is 8.00. The summed E-state index contributed by atoms with van der Waals surface area (Å²) in [6.07, 6.45) is 5.72. The quantitative estimate of drug-likeness (QED) is 0.0292. The number of hydrogen-bond acceptors (Lipinski definition) is 16. The number of thioether (sulfide) groups is 2. The molecular weight excluding hydrogens is 817 g/mol. The molecule has 0 aliphatic heterocycles. The van der Waals surface area contributed by atoms with E-state index in [0.717, 1.165) is 30.4 Å². The molecule has 0 bridgehead atoms. The van der Waals surface area contributed by atoms with Crippen LogP contribution in [0.1, 0.15) is 108 Å². The van der Waals surface area contributed by atoms with Crippen molar-refractivity contribution in [3.63, 3.8) is 0 Å². The third-order valence-corrected chi connectivity index (χ3v) is 8.49. The van der Waals surface area contributed by atoms with Crippen LogP contribution in [0.4, 0.5) is 0 Å². The van der Waals surface area contributed by atoms with Gasteiger partial charge in [-0.1, -0.05) is 54.0 Å². The van der Waals surface area contributed by atoms with Crippen molar-refractivity contribution < 1.29 is 66.7 Å². The van der Waals surface area contributed by atoms with E-state index in [4.69, 9.17) is 37.9 Å². The standard InChI is InChI=1S/C13H22O5.C12H20O5.C10H18O2S.C9H16O2S/c1-10(2)13(15)18-7-5-6-12(14)17-9-8-16-11(3)4;1-4-11(13)16-7-5-6-12(14)17-9-8-15-10(2)3;1-8(2)10(11)12-6-5-7-13-9(3)4;1-4-9(10)11-6-5-7-12-8(2)3/h11H,1,5-9H2,2-4H3;4,10H,1,5-9H2,2-3H3;9H,1,5-7H2,2-4H3;4,8H,1,5-7H2,2-3H3. The van der Waals surface area contributed by atoms with Crippen molar-refractivity contribution >= 4 is 59.3 Å². The van der Waals surface area contributed by atoms with Crippen molar-refractivity contribution in [2.75, 3.05) is 64.4 Å². The molecule has 0 radical (unpaired) electrons. The molecule has 16 heteroatoms. The highest BCUT2D eigenvalue weighted by atomic mass is 32.2. The van der Waals surface area contributed by atoms with Gasteiger partial charge >= 0.3 is 35.8 Å². The molecule has 0 aliphatic carbocycles. The van der Waals surface area contributed by atoms with Crippen molar-refractivity contribution in [1.82, 2.24) is 0 Å². The zero-order chi connectivity index (χ0) is 46.7. The first-order valence-electron chi connectivity index (χ1n) is 20.2. The Kier molecular flexibility index (Phi) is 47.2. The number of rotatable bonds is 30. The lowest BCUT2D eigenvalue weighted by molar-refractivity contribution is -0.147. The van der Waals surface area contributed by atoms with Gasteiger partial charge in [-0.25, -0.2) is 19.2 Å². The number of carbonyl (C=O) groups is 6. The fourth-order valence-electron chi connectivity index (χ4n) is 3.25. The molecule has 0 saturated heterocycles. The number of carbonyl (C=O) groups excluding carboxylic acids is 6. The van der Waals surface area contributed by atoms with E-state index in [1.54, 1.807) is 13.8 Å². The van der Waals surface area contributed by atoms with Crippen LogP contribution in [0.2, 0.25) is 0 Å². The molecule has 0 aromatic carbocycles. The van der Waals surface area contributed by atoms with Gasteiger partial charge in [0.25, 0.3) is 0 Å². The Morgan fingerprint density at radius 1 is 0.467 bits per heavy atom. The summed E-state index contributed by atoms with van der Waals surface area (Å²) in [5.74, 6) is -0.0688. The molecule has 0 aliphatic rings. The second kappa shape index (κ2) is 44.9. The lowest BCUT2D eigenvalue weighted by atomic mass is 10.3. The molecule has 0 heterocycles. The zero-order valence-corrected chi connectivity index (χ0v) is 39.8. The molecule has 60 heavy (non-hydrogen) atoms. The third kappa shape index (κ3) is 56.5. The lowest BCUT2D eigenvalue weighted by Gasteiger charge is -2.08. The lowest BCUT2D eigenvalue weighted by Crippen LogP contribution is -2.14. The number of esters is 6. The summed E-state index contributed by atoms with van der Waals surface area (Å²) in [5.41, 5.74) is 0.819. The first-order valence-corrected chi connectivity index (χ1v) is 22.3. The Labute approximate surface area is 369 Å². The Hall–Kier alpha value is -3.60. The Bertz CT molecular complexity index is 1220. The summed E-state index contributed by atoms with van der Waals surface area (Å²) in [5, 5.41) is 1.30. The van der Waals surface area contributed by atoms with E-state index in [9.17, 15) is 28.8 Å². The predicted molar refractivity (Wildman–Crippen MR) is 241 cm³/mol. The van der Waals surface area contributed by atoms with Crippen LogP contribution in [-0.2, 0) is 66.7 Å². The normalized spacial score (nSPS) is 10.1. The highest BCUT2D eigenvalue weighted by Gasteiger charge is 2.07. The number of ether oxygens (including phenoxy) is 8. The maximum absolute atomic E-state index is 11.2. The summed E-state index contributed by atoms with van der Waals surface area (Å²) in [6, 6.07) is 0. The first-order chi connectivity index (χ1) is 28.2. The second-order valence-electron chi connectivity index (χ2n) is 13.6. The summed E-state index contributed by atoms with van der Waals surface area (Å²) in [7, 11) is 0. The molecule has 0 spiro atoms. The fourth-order valence-corrected chi connectivity index (χ4v) is 4.76. The summed E-state index contributed by atoms with van der Waals surface area (Å²) in [4.78, 5) is 65.5. The highest BCUT2D eigenvalue weighted by Crippen LogP contribution is 2.11. The Balaban J connectivity index is -0.000000353. The van der Waals surface area contributed by atoms with E-state index in [1.807, 2.05) is 51.2 Å². The predicted octanol–water partition coefficient (Wildman–Crippen LogP) is 8.20. The molecule has 14 nitrogen and oxygen atoms in total. The van der Waals surface area contributed by atoms with Crippen molar-refractivity contribution in [2.24, 2.45) is 0 Å². The molecule has 0 atom stereocenters. The van der Waals surface area contributed by atoms with Gasteiger partial charge in [0.05, 0.1) is 51.8 Å². The monoisotopic (exact) mass is 892 g/mol. The smallest absolute Gasteiger partial charge is 0.333 e. The van der Waals surface area contributed by atoms with E-state index >= 15 is 0 Å². The molecule has 348 valence electrons. The van der Waals surface area contributed by atoms with Gasteiger partial charge in [-0.2, -0.15) is 23.5 Å². The molecule has 0 rings (SSSR count). The van der Waals surface area contributed by atoms with E-state index in [2.05, 4.69) is 54.0 Å². The second-order valence-corrected chi connectivity index (χ2v) is 17.0. The van der Waals surface area contributed by atoms with Crippen molar-refractivity contribution in [3.8, 4) is 0 Å². The third-order valence-electron chi connectivity index (χ3n) is 6.11. The molecule has 0 saturated carbocycles. The van der Waals surface area contributed by atoms with Gasteiger partial charge in [-0.05, 0) is 89.2 Å². The van der Waals surface area contributed by atoms with Crippen LogP contribution in [0, 0.1) is 0 Å². The van der Waals surface area contributed by atoms with E-state index in [1.165, 1.54) is 6.08 Å². The molecule has 0 aromatic heterocycles. The van der Waals surface area contributed by atoms with E-state index in [0.29, 0.717) is 60.9 Å². The van der Waals surface area contributed by atoms with Crippen LogP contribution in [0.5, 0.6) is 0 Å². The first kappa shape index (κ1) is 63.0. The van der Waals surface area contributed by atoms with Gasteiger partial charge in [0.15, 0.2) is 0 Å². The maximum atomic E-state index is 11.2. The van der Waals surface area contributed by atoms with Crippen molar-refractivity contribution in [2.45, 2.75) is 130 Å². The van der Waals surface area contributed by atoms with Gasteiger partial charge in [0.2, 0.25) is 0 Å². The number of hydrogen-bond donors (Lipinski definition) is 0. The summed E-state index contributed by atoms with van der Waals surface area (Å²) >= 11 is 3.75. The molecular formula is C44H76O14S2. The molecule has 0 aromatic rings. The minimum atomic E-state index is -0.483. The van der Waals surface area contributed by atoms with Gasteiger partial charge < -0.3 is 37.9 Å². The topological polar surface area (TPSA) is 176 Å².